The summed E-state index contributed by atoms with van der Waals surface area (Å²) in [5.41, 5.74) is 4.40. The lowest BCUT2D eigenvalue weighted by Crippen LogP contribution is -2.27. The molecule has 6 nitrogen and oxygen atoms in total. The molecule has 2 heterocycles. The molecule has 4 rings (SSSR count). The number of carbonyl (C=O) groups is 2. The molecule has 1 aliphatic heterocycles. The summed E-state index contributed by atoms with van der Waals surface area (Å²) in [6.45, 7) is 3.06. The van der Waals surface area contributed by atoms with E-state index in [1.165, 1.54) is 0 Å². The van der Waals surface area contributed by atoms with Gasteiger partial charge in [-0.15, -0.1) is 0 Å². The van der Waals surface area contributed by atoms with Crippen LogP contribution in [0.4, 0.5) is 16.2 Å². The van der Waals surface area contributed by atoms with Crippen LogP contribution in [0.2, 0.25) is 0 Å². The maximum Gasteiger partial charge on any atom is 0.321 e. The normalized spacial score (nSPS) is 13.3. The minimum atomic E-state index is -0.229. The number of nitrogens with zero attached hydrogens (tertiary/aromatic N) is 2. The molecule has 0 bridgehead atoms. The van der Waals surface area contributed by atoms with E-state index in [1.807, 2.05) is 55.5 Å². The Morgan fingerprint density at radius 3 is 2.61 bits per heavy atom. The van der Waals surface area contributed by atoms with E-state index < -0.39 is 0 Å². The minimum Gasteiger partial charge on any atom is -0.336 e. The number of pyridine rings is 1. The van der Waals surface area contributed by atoms with E-state index in [1.54, 1.807) is 23.1 Å². The zero-order valence-corrected chi connectivity index (χ0v) is 15.5. The van der Waals surface area contributed by atoms with Crippen LogP contribution in [0.5, 0.6) is 0 Å². The van der Waals surface area contributed by atoms with Crippen molar-refractivity contribution in [1.82, 2.24) is 10.3 Å². The van der Waals surface area contributed by atoms with Crippen LogP contribution in [0.3, 0.4) is 0 Å². The van der Waals surface area contributed by atoms with Crippen LogP contribution in [0.1, 0.15) is 16.1 Å². The summed E-state index contributed by atoms with van der Waals surface area (Å²) in [6.07, 6.45) is 0. The standard InChI is InChI=1S/C22H20N4O2/c1-15-19(10-11-20(24-15)16-6-3-2-4-7-16)21(27)25-17-8-5-9-18(14-17)26-13-12-23-22(26)28/h2-11,14H,12-13H2,1H3,(H,23,28)(H,25,27). The van der Waals surface area contributed by atoms with Gasteiger partial charge in [0.1, 0.15) is 0 Å². The van der Waals surface area contributed by atoms with Gasteiger partial charge in [0.25, 0.3) is 5.91 Å². The van der Waals surface area contributed by atoms with Gasteiger partial charge in [0.05, 0.1) is 17.0 Å². The molecule has 1 aromatic heterocycles. The molecule has 0 unspecified atom stereocenters. The third-order valence-electron chi connectivity index (χ3n) is 4.67. The smallest absolute Gasteiger partial charge is 0.321 e. The van der Waals surface area contributed by atoms with Gasteiger partial charge in [0.2, 0.25) is 0 Å². The number of hydrogen-bond donors (Lipinski definition) is 2. The molecule has 0 aliphatic carbocycles. The molecule has 140 valence electrons. The predicted molar refractivity (Wildman–Crippen MR) is 110 cm³/mol. The summed E-state index contributed by atoms with van der Waals surface area (Å²) in [5, 5.41) is 5.67. The summed E-state index contributed by atoms with van der Waals surface area (Å²) in [4.78, 5) is 30.8. The minimum absolute atomic E-state index is 0.125. The first-order valence-corrected chi connectivity index (χ1v) is 9.12. The van der Waals surface area contributed by atoms with Crippen LogP contribution in [0.15, 0.2) is 66.7 Å². The third-order valence-corrected chi connectivity index (χ3v) is 4.67. The summed E-state index contributed by atoms with van der Waals surface area (Å²) >= 11 is 0. The first-order valence-electron chi connectivity index (χ1n) is 9.12. The summed E-state index contributed by atoms with van der Waals surface area (Å²) < 4.78 is 0. The fourth-order valence-corrected chi connectivity index (χ4v) is 3.24. The van der Waals surface area contributed by atoms with Crippen LogP contribution in [0.25, 0.3) is 11.3 Å². The van der Waals surface area contributed by atoms with E-state index >= 15 is 0 Å². The Labute approximate surface area is 163 Å². The molecule has 0 saturated carbocycles. The first-order chi connectivity index (χ1) is 13.6. The van der Waals surface area contributed by atoms with Crippen LogP contribution in [-0.2, 0) is 0 Å². The molecule has 0 radical (unpaired) electrons. The van der Waals surface area contributed by atoms with Crippen molar-refractivity contribution in [3.8, 4) is 11.3 Å². The molecule has 2 aromatic carbocycles. The molecule has 6 heteroatoms. The second-order valence-electron chi connectivity index (χ2n) is 6.58. The monoisotopic (exact) mass is 372 g/mol. The molecule has 3 aromatic rings. The van der Waals surface area contributed by atoms with Crippen LogP contribution >= 0.6 is 0 Å². The number of rotatable bonds is 4. The number of hydrogen-bond acceptors (Lipinski definition) is 3. The molecule has 1 saturated heterocycles. The van der Waals surface area contributed by atoms with E-state index in [0.717, 1.165) is 16.9 Å². The molecule has 1 aliphatic rings. The second kappa shape index (κ2) is 7.52. The van der Waals surface area contributed by atoms with E-state index in [4.69, 9.17) is 0 Å². The van der Waals surface area contributed by atoms with Crippen molar-refractivity contribution < 1.29 is 9.59 Å². The Morgan fingerprint density at radius 2 is 1.89 bits per heavy atom. The average molecular weight is 372 g/mol. The van der Waals surface area contributed by atoms with Crippen molar-refractivity contribution in [2.24, 2.45) is 0 Å². The van der Waals surface area contributed by atoms with E-state index in [0.29, 0.717) is 30.0 Å². The topological polar surface area (TPSA) is 74.3 Å². The number of urea groups is 1. The van der Waals surface area contributed by atoms with Crippen LogP contribution in [-0.4, -0.2) is 30.0 Å². The van der Waals surface area contributed by atoms with Crippen molar-refractivity contribution >= 4 is 23.3 Å². The maximum absolute atomic E-state index is 12.7. The largest absolute Gasteiger partial charge is 0.336 e. The van der Waals surface area contributed by atoms with Gasteiger partial charge in [-0.05, 0) is 37.3 Å². The lowest BCUT2D eigenvalue weighted by atomic mass is 10.1. The number of aryl methyl sites for hydroxylation is 1. The number of aromatic nitrogens is 1. The lowest BCUT2D eigenvalue weighted by Gasteiger charge is -2.16. The summed E-state index contributed by atoms with van der Waals surface area (Å²) in [6, 6.07) is 20.6. The Hall–Kier alpha value is -3.67. The zero-order chi connectivity index (χ0) is 19.5. The van der Waals surface area contributed by atoms with Gasteiger partial charge < -0.3 is 10.6 Å². The first kappa shape index (κ1) is 17.7. The van der Waals surface area contributed by atoms with Crippen LogP contribution in [0, 0.1) is 6.92 Å². The Kier molecular flexibility index (Phi) is 4.76. The van der Waals surface area contributed by atoms with Gasteiger partial charge in [-0.3, -0.25) is 14.7 Å². The lowest BCUT2D eigenvalue weighted by molar-refractivity contribution is 0.102. The van der Waals surface area contributed by atoms with Crippen molar-refractivity contribution in [1.29, 1.82) is 0 Å². The van der Waals surface area contributed by atoms with Gasteiger partial charge >= 0.3 is 6.03 Å². The molecule has 0 spiro atoms. The van der Waals surface area contributed by atoms with E-state index in [-0.39, 0.29) is 11.9 Å². The van der Waals surface area contributed by atoms with E-state index in [9.17, 15) is 9.59 Å². The van der Waals surface area contributed by atoms with Crippen molar-refractivity contribution in [3.63, 3.8) is 0 Å². The Morgan fingerprint density at radius 1 is 1.07 bits per heavy atom. The average Bonchev–Trinajstić information content (AvgIpc) is 3.14. The molecule has 3 amide bonds. The highest BCUT2D eigenvalue weighted by molar-refractivity contribution is 6.05. The van der Waals surface area contributed by atoms with Crippen LogP contribution < -0.4 is 15.5 Å². The van der Waals surface area contributed by atoms with Gasteiger partial charge in [-0.25, -0.2) is 4.79 Å². The summed E-state index contributed by atoms with van der Waals surface area (Å²) in [7, 11) is 0. The van der Waals surface area contributed by atoms with Gasteiger partial charge in [-0.2, -0.15) is 0 Å². The Balaban J connectivity index is 1.53. The predicted octanol–water partition coefficient (Wildman–Crippen LogP) is 3.84. The number of anilines is 2. The maximum atomic E-state index is 12.7. The fourth-order valence-electron chi connectivity index (χ4n) is 3.24. The number of amides is 3. The molecule has 0 atom stereocenters. The molecular weight excluding hydrogens is 352 g/mol. The van der Waals surface area contributed by atoms with Crippen molar-refractivity contribution in [3.05, 3.63) is 78.0 Å². The van der Waals surface area contributed by atoms with Gasteiger partial charge in [-0.1, -0.05) is 36.4 Å². The van der Waals surface area contributed by atoms with Crippen molar-refractivity contribution in [2.45, 2.75) is 6.92 Å². The number of carbonyl (C=O) groups excluding carboxylic acids is 2. The quantitative estimate of drug-likeness (QED) is 0.731. The number of nitrogens with one attached hydrogen (secondary N) is 2. The summed E-state index contributed by atoms with van der Waals surface area (Å²) in [5.74, 6) is -0.229. The SMILES string of the molecule is Cc1nc(-c2ccccc2)ccc1C(=O)Nc1cccc(N2CCNC2=O)c1. The van der Waals surface area contributed by atoms with E-state index in [2.05, 4.69) is 15.6 Å². The van der Waals surface area contributed by atoms with Gasteiger partial charge in [0.15, 0.2) is 0 Å². The molecule has 2 N–H and O–H groups in total. The van der Waals surface area contributed by atoms with Crippen molar-refractivity contribution in [2.75, 3.05) is 23.3 Å². The highest BCUT2D eigenvalue weighted by Gasteiger charge is 2.21. The fraction of sp³-hybridized carbons (Fsp3) is 0.136. The van der Waals surface area contributed by atoms with Gasteiger partial charge in [0, 0.05) is 30.0 Å². The molecule has 28 heavy (non-hydrogen) atoms. The molecule has 1 fully saturated rings. The molecular formula is C22H20N4O2. The highest BCUT2D eigenvalue weighted by atomic mass is 16.2. The zero-order valence-electron chi connectivity index (χ0n) is 15.5. The second-order valence-corrected chi connectivity index (χ2v) is 6.58. The highest BCUT2D eigenvalue weighted by Crippen LogP contribution is 2.23. The third kappa shape index (κ3) is 3.57. The Bertz CT molecular complexity index is 1030. The number of benzene rings is 2.